The maximum absolute atomic E-state index is 13.0. The van der Waals surface area contributed by atoms with Gasteiger partial charge in [0.15, 0.2) is 5.13 Å². The van der Waals surface area contributed by atoms with Gasteiger partial charge in [0.1, 0.15) is 0 Å². The van der Waals surface area contributed by atoms with E-state index in [0.29, 0.717) is 10.2 Å². The van der Waals surface area contributed by atoms with E-state index in [9.17, 15) is 13.2 Å². The van der Waals surface area contributed by atoms with E-state index in [1.807, 2.05) is 19.1 Å². The molecule has 0 aliphatic rings. The summed E-state index contributed by atoms with van der Waals surface area (Å²) in [6.07, 6.45) is 0. The SMILES string of the molecule is Cc1nc2ccc3nc(NC(=O)c4ccccc4NS(=O)(=O)c4ccc(Cl)cc4)sc3c2s1. The normalized spacial score (nSPS) is 11.7. The lowest BCUT2D eigenvalue weighted by Crippen LogP contribution is -2.18. The van der Waals surface area contributed by atoms with Gasteiger partial charge in [0.05, 0.1) is 41.6 Å². The van der Waals surface area contributed by atoms with Gasteiger partial charge in [0.2, 0.25) is 0 Å². The van der Waals surface area contributed by atoms with E-state index in [0.717, 1.165) is 25.4 Å². The largest absolute Gasteiger partial charge is 0.298 e. The van der Waals surface area contributed by atoms with Crippen molar-refractivity contribution in [1.29, 1.82) is 0 Å². The number of benzene rings is 3. The summed E-state index contributed by atoms with van der Waals surface area (Å²) in [6, 6.07) is 16.0. The molecule has 0 saturated heterocycles. The van der Waals surface area contributed by atoms with Gasteiger partial charge in [-0.25, -0.2) is 18.4 Å². The molecule has 2 N–H and O–H groups in total. The molecule has 0 aliphatic carbocycles. The van der Waals surface area contributed by atoms with Crippen LogP contribution in [0.1, 0.15) is 15.4 Å². The second-order valence-electron chi connectivity index (χ2n) is 7.07. The highest BCUT2D eigenvalue weighted by atomic mass is 35.5. The van der Waals surface area contributed by atoms with Gasteiger partial charge in [-0.1, -0.05) is 35.1 Å². The molecule has 2 heterocycles. The number of anilines is 2. The topological polar surface area (TPSA) is 101 Å². The molecule has 11 heteroatoms. The predicted molar refractivity (Wildman–Crippen MR) is 134 cm³/mol. The molecule has 0 unspecified atom stereocenters. The third-order valence-corrected chi connectivity index (χ3v) is 8.55. The minimum Gasteiger partial charge on any atom is -0.298 e. The first-order chi connectivity index (χ1) is 15.8. The van der Waals surface area contributed by atoms with Crippen LogP contribution in [0.2, 0.25) is 5.02 Å². The third kappa shape index (κ3) is 4.30. The van der Waals surface area contributed by atoms with E-state index in [4.69, 9.17) is 11.6 Å². The molecule has 3 aromatic carbocycles. The molecular weight excluding hydrogens is 500 g/mol. The zero-order valence-corrected chi connectivity index (χ0v) is 20.2. The predicted octanol–water partition coefficient (Wildman–Crippen LogP) is 5.92. The first kappa shape index (κ1) is 21.8. The number of carbonyl (C=O) groups excluding carboxylic acids is 1. The van der Waals surface area contributed by atoms with Gasteiger partial charge in [0, 0.05) is 5.02 Å². The number of nitrogens with one attached hydrogen (secondary N) is 2. The minimum absolute atomic E-state index is 0.0390. The monoisotopic (exact) mass is 514 g/mol. The number of thiazole rings is 2. The first-order valence-electron chi connectivity index (χ1n) is 9.66. The fraction of sp³-hybridized carbons (Fsp3) is 0.0455. The molecule has 166 valence electrons. The summed E-state index contributed by atoms with van der Waals surface area (Å²) in [5, 5.41) is 4.60. The summed E-state index contributed by atoms with van der Waals surface area (Å²) >= 11 is 8.79. The maximum Gasteiger partial charge on any atom is 0.261 e. The van der Waals surface area contributed by atoms with Crippen molar-refractivity contribution < 1.29 is 13.2 Å². The summed E-state index contributed by atoms with van der Waals surface area (Å²) in [7, 11) is -3.91. The number of halogens is 1. The van der Waals surface area contributed by atoms with Gasteiger partial charge in [-0.2, -0.15) is 0 Å². The number of nitrogens with zero attached hydrogens (tertiary/aromatic N) is 2. The average molecular weight is 515 g/mol. The standard InChI is InChI=1S/C22H15ClN4O3S3/c1-12-24-17-10-11-18-20(19(17)31-12)32-22(25-18)26-21(28)15-4-2-3-5-16(15)27-33(29,30)14-8-6-13(23)7-9-14/h2-11,27H,1H3,(H,25,26,28). The van der Waals surface area contributed by atoms with Crippen LogP contribution in [0, 0.1) is 6.92 Å². The fourth-order valence-corrected chi connectivity index (χ4v) is 6.50. The Balaban J connectivity index is 1.44. The van der Waals surface area contributed by atoms with Crippen molar-refractivity contribution >= 4 is 81.5 Å². The van der Waals surface area contributed by atoms with E-state index in [1.165, 1.54) is 41.7 Å². The zero-order valence-electron chi connectivity index (χ0n) is 17.0. The van der Waals surface area contributed by atoms with Crippen LogP contribution in [0.15, 0.2) is 65.6 Å². The van der Waals surface area contributed by atoms with Crippen LogP contribution in [0.3, 0.4) is 0 Å². The van der Waals surface area contributed by atoms with Crippen molar-refractivity contribution in [3.05, 3.63) is 76.3 Å². The summed E-state index contributed by atoms with van der Waals surface area (Å²) in [6.45, 7) is 1.95. The summed E-state index contributed by atoms with van der Waals surface area (Å²) < 4.78 is 30.0. The van der Waals surface area contributed by atoms with Crippen LogP contribution in [0.25, 0.3) is 20.4 Å². The van der Waals surface area contributed by atoms with Gasteiger partial charge >= 0.3 is 0 Å². The molecule has 0 saturated carbocycles. The zero-order chi connectivity index (χ0) is 23.2. The molecule has 0 fully saturated rings. The van der Waals surface area contributed by atoms with Crippen LogP contribution in [-0.4, -0.2) is 24.3 Å². The molecule has 5 rings (SSSR count). The molecular formula is C22H15ClN4O3S3. The molecule has 0 radical (unpaired) electrons. The molecule has 7 nitrogen and oxygen atoms in total. The van der Waals surface area contributed by atoms with Gasteiger partial charge < -0.3 is 0 Å². The number of para-hydroxylation sites is 1. The van der Waals surface area contributed by atoms with Crippen molar-refractivity contribution in [3.8, 4) is 0 Å². The lowest BCUT2D eigenvalue weighted by Gasteiger charge is -2.12. The molecule has 0 aliphatic heterocycles. The van der Waals surface area contributed by atoms with Gasteiger partial charge in [-0.05, 0) is 55.5 Å². The van der Waals surface area contributed by atoms with Gasteiger partial charge in [0.25, 0.3) is 15.9 Å². The molecule has 1 amide bonds. The number of hydrogen-bond donors (Lipinski definition) is 2. The Kier molecular flexibility index (Phi) is 5.53. The summed E-state index contributed by atoms with van der Waals surface area (Å²) in [5.41, 5.74) is 2.00. The highest BCUT2D eigenvalue weighted by Gasteiger charge is 2.20. The minimum atomic E-state index is -3.91. The number of sulfonamides is 1. The Hall–Kier alpha value is -3.05. The van der Waals surface area contributed by atoms with Crippen LogP contribution in [0.5, 0.6) is 0 Å². The van der Waals surface area contributed by atoms with Gasteiger partial charge in [-0.3, -0.25) is 14.8 Å². The Morgan fingerprint density at radius 1 is 0.909 bits per heavy atom. The number of fused-ring (bicyclic) bond motifs is 3. The number of hydrogen-bond acceptors (Lipinski definition) is 7. The maximum atomic E-state index is 13.0. The summed E-state index contributed by atoms with van der Waals surface area (Å²) in [4.78, 5) is 22.1. The fourth-order valence-electron chi connectivity index (χ4n) is 3.29. The van der Waals surface area contributed by atoms with Gasteiger partial charge in [-0.15, -0.1) is 11.3 Å². The summed E-state index contributed by atoms with van der Waals surface area (Å²) in [5.74, 6) is -0.472. The second-order valence-corrected chi connectivity index (χ2v) is 11.4. The van der Waals surface area contributed by atoms with Crippen molar-refractivity contribution in [2.75, 3.05) is 10.0 Å². The van der Waals surface area contributed by atoms with Crippen molar-refractivity contribution in [1.82, 2.24) is 9.97 Å². The molecule has 33 heavy (non-hydrogen) atoms. The quantitative estimate of drug-likeness (QED) is 0.303. The highest BCUT2D eigenvalue weighted by Crippen LogP contribution is 2.36. The first-order valence-corrected chi connectivity index (χ1v) is 13.1. The van der Waals surface area contributed by atoms with Crippen LogP contribution in [0.4, 0.5) is 10.8 Å². The molecule has 0 bridgehead atoms. The average Bonchev–Trinajstić information content (AvgIpc) is 3.36. The van der Waals surface area contributed by atoms with Crippen molar-refractivity contribution in [2.24, 2.45) is 0 Å². The van der Waals surface area contributed by atoms with Crippen LogP contribution in [-0.2, 0) is 10.0 Å². The lowest BCUT2D eigenvalue weighted by molar-refractivity contribution is 0.102. The van der Waals surface area contributed by atoms with E-state index < -0.39 is 15.9 Å². The number of amides is 1. The van der Waals surface area contributed by atoms with E-state index in [1.54, 1.807) is 29.5 Å². The van der Waals surface area contributed by atoms with E-state index >= 15 is 0 Å². The number of rotatable bonds is 5. The number of carbonyl (C=O) groups is 1. The Morgan fingerprint density at radius 3 is 2.33 bits per heavy atom. The smallest absolute Gasteiger partial charge is 0.261 e. The van der Waals surface area contributed by atoms with Crippen molar-refractivity contribution in [3.63, 3.8) is 0 Å². The Labute approximate surface area is 202 Å². The second kappa shape index (κ2) is 8.38. The molecule has 5 aromatic rings. The Morgan fingerprint density at radius 2 is 1.58 bits per heavy atom. The highest BCUT2D eigenvalue weighted by molar-refractivity contribution is 7.92. The van der Waals surface area contributed by atoms with E-state index in [-0.39, 0.29) is 16.1 Å². The van der Waals surface area contributed by atoms with Crippen LogP contribution < -0.4 is 10.0 Å². The lowest BCUT2D eigenvalue weighted by atomic mass is 10.2. The van der Waals surface area contributed by atoms with Crippen molar-refractivity contribution in [2.45, 2.75) is 11.8 Å². The Bertz CT molecular complexity index is 1630. The molecule has 0 spiro atoms. The number of aryl methyl sites for hydroxylation is 1. The third-order valence-electron chi connectivity index (χ3n) is 4.78. The van der Waals surface area contributed by atoms with E-state index in [2.05, 4.69) is 20.0 Å². The number of aromatic nitrogens is 2. The molecule has 0 atom stereocenters. The molecule has 2 aromatic heterocycles. The van der Waals surface area contributed by atoms with Crippen LogP contribution >= 0.6 is 34.3 Å².